The molecule has 0 aliphatic carbocycles. The lowest BCUT2D eigenvalue weighted by molar-refractivity contribution is 0.103. The van der Waals surface area contributed by atoms with Crippen molar-refractivity contribution in [1.29, 1.82) is 0 Å². The number of carbonyl (C=O) groups is 2. The fourth-order valence-electron chi connectivity index (χ4n) is 3.67. The number of nitrogens with zero attached hydrogens (tertiary/aromatic N) is 1. The van der Waals surface area contributed by atoms with E-state index >= 15 is 4.39 Å². The Labute approximate surface area is 201 Å². The number of aryl methyl sites for hydroxylation is 3. The first-order valence-corrected chi connectivity index (χ1v) is 12.1. The van der Waals surface area contributed by atoms with Crippen LogP contribution in [0.15, 0.2) is 54.9 Å². The molecule has 35 heavy (non-hydrogen) atoms. The lowest BCUT2D eigenvalue weighted by Gasteiger charge is -2.13. The van der Waals surface area contributed by atoms with Gasteiger partial charge in [-0.1, -0.05) is 36.4 Å². The molecule has 0 atom stereocenters. The molecule has 0 bridgehead atoms. The van der Waals surface area contributed by atoms with E-state index in [2.05, 4.69) is 9.97 Å². The van der Waals surface area contributed by atoms with Gasteiger partial charge in [0.05, 0.1) is 11.3 Å². The number of ketones is 1. The molecule has 180 valence electrons. The van der Waals surface area contributed by atoms with Gasteiger partial charge < -0.3 is 9.72 Å². The number of halogens is 1. The molecule has 2 N–H and O–H groups in total. The van der Waals surface area contributed by atoms with Crippen LogP contribution in [0.2, 0.25) is 0 Å². The largest absolute Gasteiger partial charge is 0.448 e. The van der Waals surface area contributed by atoms with Crippen molar-refractivity contribution in [3.05, 3.63) is 94.1 Å². The molecule has 0 radical (unpaired) electrons. The first-order chi connectivity index (χ1) is 16.6. The van der Waals surface area contributed by atoms with Gasteiger partial charge in [-0.3, -0.25) is 9.52 Å². The maximum absolute atomic E-state index is 15.5. The number of carbonyl (C=O) groups excluding carboxylic acids is 2. The summed E-state index contributed by atoms with van der Waals surface area (Å²) >= 11 is 0. The number of sulfonamides is 1. The first-order valence-electron chi connectivity index (χ1n) is 10.6. The highest BCUT2D eigenvalue weighted by molar-refractivity contribution is 8.06. The standard InChI is InChI=1S/C25H22FN3O5S/c1-14-9-10-19(29-35(32,33)25(31)34-13-17-7-5-4-6-8-17)22(26)20(14)23(30)18-12-28-24-21(18)16(3)15(2)11-27-24/h4-12,29H,13H2,1-3H3,(H,27,28). The van der Waals surface area contributed by atoms with Crippen LogP contribution in [0, 0.1) is 26.6 Å². The van der Waals surface area contributed by atoms with Crippen LogP contribution in [-0.4, -0.2) is 29.5 Å². The van der Waals surface area contributed by atoms with Crippen LogP contribution in [0.1, 0.15) is 38.2 Å². The minimum absolute atomic E-state index is 0.206. The molecule has 8 nitrogen and oxygen atoms in total. The van der Waals surface area contributed by atoms with Crippen molar-refractivity contribution in [3.8, 4) is 0 Å². The van der Waals surface area contributed by atoms with E-state index in [-0.39, 0.29) is 17.7 Å². The van der Waals surface area contributed by atoms with Crippen molar-refractivity contribution >= 4 is 37.8 Å². The highest BCUT2D eigenvalue weighted by Crippen LogP contribution is 2.30. The van der Waals surface area contributed by atoms with Gasteiger partial charge in [0.1, 0.15) is 12.3 Å². The van der Waals surface area contributed by atoms with E-state index < -0.39 is 32.6 Å². The summed E-state index contributed by atoms with van der Waals surface area (Å²) in [5.74, 6) is -1.74. The van der Waals surface area contributed by atoms with Crippen LogP contribution in [0.3, 0.4) is 0 Å². The Morgan fingerprint density at radius 1 is 1.06 bits per heavy atom. The van der Waals surface area contributed by atoms with Gasteiger partial charge in [-0.2, -0.15) is 8.42 Å². The molecular formula is C25H22FN3O5S. The SMILES string of the molecule is Cc1ccc(NS(=O)(=O)C(=O)OCc2ccccc2)c(F)c1C(=O)c1c[nH]c2ncc(C)c(C)c12. The molecule has 0 saturated carbocycles. The van der Waals surface area contributed by atoms with Gasteiger partial charge in [0.15, 0.2) is 11.6 Å². The van der Waals surface area contributed by atoms with Crippen molar-refractivity contribution in [2.75, 3.05) is 4.72 Å². The molecule has 4 aromatic rings. The summed E-state index contributed by atoms with van der Waals surface area (Å²) in [4.78, 5) is 32.7. The molecule has 0 aliphatic heterocycles. The number of fused-ring (bicyclic) bond motifs is 1. The summed E-state index contributed by atoms with van der Waals surface area (Å²) in [7, 11) is -4.74. The third-order valence-electron chi connectivity index (χ3n) is 5.70. The lowest BCUT2D eigenvalue weighted by atomic mass is 9.96. The Morgan fingerprint density at radius 3 is 2.49 bits per heavy atom. The number of aromatic amines is 1. The topological polar surface area (TPSA) is 118 Å². The molecule has 0 fully saturated rings. The fraction of sp³-hybridized carbons (Fsp3) is 0.160. The first kappa shape index (κ1) is 24.1. The van der Waals surface area contributed by atoms with E-state index in [0.717, 1.165) is 17.2 Å². The zero-order valence-corrected chi connectivity index (χ0v) is 20.0. The molecule has 0 spiro atoms. The van der Waals surface area contributed by atoms with E-state index in [4.69, 9.17) is 4.74 Å². The Balaban J connectivity index is 1.64. The molecule has 0 aliphatic rings. The van der Waals surface area contributed by atoms with Crippen molar-refractivity contribution in [3.63, 3.8) is 0 Å². The van der Waals surface area contributed by atoms with E-state index in [1.165, 1.54) is 19.2 Å². The molecule has 2 aromatic carbocycles. The van der Waals surface area contributed by atoms with Crippen molar-refractivity contribution < 1.29 is 27.1 Å². The summed E-state index contributed by atoms with van der Waals surface area (Å²) < 4.78 is 47.2. The molecule has 0 saturated heterocycles. The highest BCUT2D eigenvalue weighted by atomic mass is 32.2. The zero-order chi connectivity index (χ0) is 25.3. The predicted octanol–water partition coefficient (Wildman–Crippen LogP) is 4.94. The predicted molar refractivity (Wildman–Crippen MR) is 129 cm³/mol. The third kappa shape index (κ3) is 4.65. The number of H-pyrrole nitrogens is 1. The molecule has 0 unspecified atom stereocenters. The maximum atomic E-state index is 15.5. The van der Waals surface area contributed by atoms with E-state index in [9.17, 15) is 18.0 Å². The molecule has 2 heterocycles. The Hall–Kier alpha value is -4.05. The average molecular weight is 496 g/mol. The molecule has 10 heteroatoms. The smallest absolute Gasteiger partial charge is 0.445 e. The van der Waals surface area contributed by atoms with Crippen LogP contribution < -0.4 is 4.72 Å². The normalized spacial score (nSPS) is 11.4. The van der Waals surface area contributed by atoms with Gasteiger partial charge in [0, 0.05) is 23.3 Å². The Kier molecular flexibility index (Phi) is 6.40. The van der Waals surface area contributed by atoms with Crippen LogP contribution in [0.25, 0.3) is 11.0 Å². The maximum Gasteiger partial charge on any atom is 0.445 e. The number of ether oxygens (including phenoxy) is 1. The van der Waals surface area contributed by atoms with Gasteiger partial charge in [-0.15, -0.1) is 0 Å². The number of nitrogens with one attached hydrogen (secondary N) is 2. The van der Waals surface area contributed by atoms with E-state index in [0.29, 0.717) is 22.2 Å². The molecular weight excluding hydrogens is 473 g/mol. The van der Waals surface area contributed by atoms with Gasteiger partial charge in [-0.25, -0.2) is 14.2 Å². The van der Waals surface area contributed by atoms with Crippen LogP contribution in [0.4, 0.5) is 14.9 Å². The number of hydrogen-bond donors (Lipinski definition) is 2. The second-order valence-electron chi connectivity index (χ2n) is 8.07. The summed E-state index contributed by atoms with van der Waals surface area (Å²) in [6.07, 6.45) is 3.11. The van der Waals surface area contributed by atoms with Gasteiger partial charge >= 0.3 is 15.3 Å². The molecule has 4 rings (SSSR count). The van der Waals surface area contributed by atoms with Crippen molar-refractivity contribution in [2.24, 2.45) is 0 Å². The van der Waals surface area contributed by atoms with Crippen molar-refractivity contribution in [2.45, 2.75) is 27.4 Å². The number of benzene rings is 2. The average Bonchev–Trinajstić information content (AvgIpc) is 3.27. The van der Waals surface area contributed by atoms with E-state index in [1.807, 2.05) is 18.6 Å². The van der Waals surface area contributed by atoms with Crippen LogP contribution in [-0.2, 0) is 21.4 Å². The summed E-state index contributed by atoms with van der Waals surface area (Å²) in [6, 6.07) is 11.1. The summed E-state index contributed by atoms with van der Waals surface area (Å²) in [5.41, 5.74) is 2.39. The van der Waals surface area contributed by atoms with Crippen LogP contribution in [0.5, 0.6) is 0 Å². The lowest BCUT2D eigenvalue weighted by Crippen LogP contribution is -2.25. The number of anilines is 1. The number of pyridine rings is 1. The van der Waals surface area contributed by atoms with Gasteiger partial charge in [0.2, 0.25) is 0 Å². The summed E-state index contributed by atoms with van der Waals surface area (Å²) in [5, 5.41) is -1.01. The van der Waals surface area contributed by atoms with E-state index in [1.54, 1.807) is 36.5 Å². The van der Waals surface area contributed by atoms with Gasteiger partial charge in [-0.05, 0) is 49.1 Å². The second kappa shape index (κ2) is 9.30. The summed E-state index contributed by atoms with van der Waals surface area (Å²) in [6.45, 7) is 4.95. The highest BCUT2D eigenvalue weighted by Gasteiger charge is 2.29. The molecule has 0 amide bonds. The number of hydrogen-bond acceptors (Lipinski definition) is 6. The zero-order valence-electron chi connectivity index (χ0n) is 19.2. The monoisotopic (exact) mass is 495 g/mol. The van der Waals surface area contributed by atoms with Crippen molar-refractivity contribution in [1.82, 2.24) is 9.97 Å². The quantitative estimate of drug-likeness (QED) is 0.289. The second-order valence-corrected chi connectivity index (χ2v) is 9.61. The number of rotatable bonds is 6. The third-order valence-corrected chi connectivity index (χ3v) is 6.74. The Bertz CT molecular complexity index is 1560. The Morgan fingerprint density at radius 2 is 1.77 bits per heavy atom. The minimum atomic E-state index is -4.74. The fourth-order valence-corrected chi connectivity index (χ4v) is 4.42. The molecule has 2 aromatic heterocycles. The van der Waals surface area contributed by atoms with Gasteiger partial charge in [0.25, 0.3) is 0 Å². The van der Waals surface area contributed by atoms with Crippen LogP contribution >= 0.6 is 0 Å². The number of aromatic nitrogens is 2. The minimum Gasteiger partial charge on any atom is -0.448 e.